The van der Waals surface area contributed by atoms with E-state index in [0.717, 1.165) is 55.5 Å². The minimum atomic E-state index is -0.0176. The summed E-state index contributed by atoms with van der Waals surface area (Å²) in [4.78, 5) is 21.3. The van der Waals surface area contributed by atoms with Crippen LogP contribution in [0.5, 0.6) is 0 Å². The zero-order chi connectivity index (χ0) is 17.8. The summed E-state index contributed by atoms with van der Waals surface area (Å²) in [6.45, 7) is 4.65. The molecule has 2 aliphatic rings. The van der Waals surface area contributed by atoms with Gasteiger partial charge in [0.1, 0.15) is 5.82 Å². The molecular weight excluding hydrogens is 348 g/mol. The highest BCUT2D eigenvalue weighted by atomic mass is 32.1. The fourth-order valence-corrected chi connectivity index (χ4v) is 4.51. The van der Waals surface area contributed by atoms with Gasteiger partial charge in [0.25, 0.3) is 5.91 Å². The van der Waals surface area contributed by atoms with E-state index in [1.807, 2.05) is 18.2 Å². The fourth-order valence-electron chi connectivity index (χ4n) is 3.48. The number of ether oxygens (including phenoxy) is 1. The highest BCUT2D eigenvalue weighted by molar-refractivity contribution is 7.14. The number of nitrogens with zero attached hydrogens (tertiary/aromatic N) is 2. The van der Waals surface area contributed by atoms with Crippen molar-refractivity contribution >= 4 is 23.1 Å². The molecule has 0 spiro atoms. The average molecular weight is 372 g/mol. The van der Waals surface area contributed by atoms with Crippen LogP contribution < -0.4 is 15.5 Å². The minimum Gasteiger partial charge on any atom is -0.378 e. The van der Waals surface area contributed by atoms with Gasteiger partial charge in [-0.05, 0) is 37.6 Å². The molecule has 4 rings (SSSR count). The first-order chi connectivity index (χ1) is 12.8. The lowest BCUT2D eigenvalue weighted by molar-refractivity contribution is 0.0954. The number of hydrogen-bond acceptors (Lipinski definition) is 6. The van der Waals surface area contributed by atoms with Crippen molar-refractivity contribution in [2.45, 2.75) is 25.4 Å². The molecule has 0 saturated carbocycles. The van der Waals surface area contributed by atoms with Crippen LogP contribution >= 0.6 is 11.3 Å². The van der Waals surface area contributed by atoms with Crippen LogP contribution in [0.25, 0.3) is 0 Å². The van der Waals surface area contributed by atoms with Crippen molar-refractivity contribution in [3.63, 3.8) is 0 Å². The predicted molar refractivity (Wildman–Crippen MR) is 103 cm³/mol. The van der Waals surface area contributed by atoms with Crippen LogP contribution in [-0.4, -0.2) is 43.7 Å². The summed E-state index contributed by atoms with van der Waals surface area (Å²) in [5.41, 5.74) is 1.04. The van der Waals surface area contributed by atoms with Crippen LogP contribution in [0.15, 0.2) is 30.5 Å². The topological polar surface area (TPSA) is 66.5 Å². The van der Waals surface area contributed by atoms with Crippen molar-refractivity contribution in [2.75, 3.05) is 37.7 Å². The van der Waals surface area contributed by atoms with Crippen LogP contribution in [0.2, 0.25) is 0 Å². The maximum atomic E-state index is 12.6. The van der Waals surface area contributed by atoms with E-state index in [4.69, 9.17) is 4.74 Å². The molecule has 0 aromatic carbocycles. The number of thiophene rings is 1. The molecule has 7 heteroatoms. The number of anilines is 1. The summed E-state index contributed by atoms with van der Waals surface area (Å²) >= 11 is 1.59. The zero-order valence-corrected chi connectivity index (χ0v) is 15.6. The molecule has 0 radical (unpaired) electrons. The Morgan fingerprint density at radius 3 is 3.04 bits per heavy atom. The summed E-state index contributed by atoms with van der Waals surface area (Å²) < 4.78 is 5.42. The van der Waals surface area contributed by atoms with Crippen molar-refractivity contribution < 1.29 is 9.53 Å². The average Bonchev–Trinajstić information content (AvgIpc) is 3.38. The zero-order valence-electron chi connectivity index (χ0n) is 14.7. The van der Waals surface area contributed by atoms with Gasteiger partial charge in [-0.2, -0.15) is 0 Å². The van der Waals surface area contributed by atoms with Crippen LogP contribution in [0.3, 0.4) is 0 Å². The number of aromatic nitrogens is 1. The molecule has 2 aliphatic heterocycles. The fraction of sp³-hybridized carbons (Fsp3) is 0.474. The number of pyridine rings is 1. The van der Waals surface area contributed by atoms with E-state index in [9.17, 15) is 4.79 Å². The molecule has 0 bridgehead atoms. The second kappa shape index (κ2) is 8.16. The Bertz CT molecular complexity index is 752. The van der Waals surface area contributed by atoms with Gasteiger partial charge in [0.05, 0.1) is 18.1 Å². The molecule has 1 amide bonds. The number of carbonyl (C=O) groups is 1. The third-order valence-electron chi connectivity index (χ3n) is 4.87. The molecule has 0 aliphatic carbocycles. The van der Waals surface area contributed by atoms with E-state index in [0.29, 0.717) is 12.6 Å². The summed E-state index contributed by atoms with van der Waals surface area (Å²) in [6, 6.07) is 8.36. The molecule has 2 fully saturated rings. The van der Waals surface area contributed by atoms with Gasteiger partial charge in [-0.25, -0.2) is 4.98 Å². The number of carbonyl (C=O) groups excluding carboxylic acids is 1. The molecule has 2 aromatic rings. The summed E-state index contributed by atoms with van der Waals surface area (Å²) in [5, 5.41) is 6.53. The number of nitrogens with one attached hydrogen (secondary N) is 2. The summed E-state index contributed by atoms with van der Waals surface area (Å²) in [6.07, 6.45) is 4.16. The van der Waals surface area contributed by atoms with Crippen LogP contribution in [0.4, 0.5) is 5.82 Å². The van der Waals surface area contributed by atoms with Crippen LogP contribution in [0, 0.1) is 0 Å². The number of rotatable bonds is 5. The van der Waals surface area contributed by atoms with Crippen LogP contribution in [-0.2, 0) is 11.3 Å². The predicted octanol–water partition coefficient (Wildman–Crippen LogP) is 2.33. The van der Waals surface area contributed by atoms with Crippen LogP contribution in [0.1, 0.15) is 39.0 Å². The number of morpholine rings is 1. The number of hydrogen-bond donors (Lipinski definition) is 2. The maximum absolute atomic E-state index is 12.6. The monoisotopic (exact) mass is 372 g/mol. The first-order valence-electron chi connectivity index (χ1n) is 9.19. The van der Waals surface area contributed by atoms with Gasteiger partial charge in [0.15, 0.2) is 0 Å². The Morgan fingerprint density at radius 2 is 2.23 bits per heavy atom. The lowest BCUT2D eigenvalue weighted by Crippen LogP contribution is -2.37. The molecule has 4 heterocycles. The Labute approximate surface area is 157 Å². The summed E-state index contributed by atoms with van der Waals surface area (Å²) in [5.74, 6) is 0.925. The SMILES string of the molecule is O=C(NCc1cccnc1N1CCOCC1)c1ccc([C@@H]2CCCN2)s1. The molecule has 1 atom stereocenters. The second-order valence-electron chi connectivity index (χ2n) is 6.62. The number of amides is 1. The van der Waals surface area contributed by atoms with Gasteiger partial charge >= 0.3 is 0 Å². The molecule has 138 valence electrons. The van der Waals surface area contributed by atoms with Gasteiger partial charge in [0, 0.05) is 42.3 Å². The third kappa shape index (κ3) is 3.90. The van der Waals surface area contributed by atoms with Crippen molar-refractivity contribution in [1.29, 1.82) is 0 Å². The Kier molecular flexibility index (Phi) is 5.48. The van der Waals surface area contributed by atoms with Gasteiger partial charge in [-0.3, -0.25) is 4.79 Å². The Morgan fingerprint density at radius 1 is 1.35 bits per heavy atom. The quantitative estimate of drug-likeness (QED) is 0.843. The van der Waals surface area contributed by atoms with Crippen molar-refractivity contribution in [1.82, 2.24) is 15.6 Å². The first kappa shape index (κ1) is 17.5. The maximum Gasteiger partial charge on any atom is 0.261 e. The van der Waals surface area contributed by atoms with E-state index in [2.05, 4.69) is 26.6 Å². The molecule has 2 N–H and O–H groups in total. The molecule has 6 nitrogen and oxygen atoms in total. The standard InChI is InChI=1S/C19H24N4O2S/c24-19(17-6-5-16(26-17)15-4-2-7-20-15)22-13-14-3-1-8-21-18(14)23-9-11-25-12-10-23/h1,3,5-6,8,15,20H,2,4,7,9-13H2,(H,22,24)/t15-/m0/s1. The molecule has 26 heavy (non-hydrogen) atoms. The largest absolute Gasteiger partial charge is 0.378 e. The first-order valence-corrected chi connectivity index (χ1v) is 10.0. The van der Waals surface area contributed by atoms with Crippen molar-refractivity contribution in [2.24, 2.45) is 0 Å². The summed E-state index contributed by atoms with van der Waals surface area (Å²) in [7, 11) is 0. The van der Waals surface area contributed by atoms with E-state index in [1.54, 1.807) is 17.5 Å². The second-order valence-corrected chi connectivity index (χ2v) is 7.73. The minimum absolute atomic E-state index is 0.0176. The van der Waals surface area contributed by atoms with E-state index in [1.165, 1.54) is 11.3 Å². The van der Waals surface area contributed by atoms with E-state index < -0.39 is 0 Å². The normalized spacial score (nSPS) is 20.3. The van der Waals surface area contributed by atoms with Gasteiger partial charge in [-0.1, -0.05) is 6.07 Å². The third-order valence-corrected chi connectivity index (χ3v) is 6.07. The lowest BCUT2D eigenvalue weighted by Gasteiger charge is -2.29. The molecule has 2 saturated heterocycles. The molecular formula is C19H24N4O2S. The lowest BCUT2D eigenvalue weighted by atomic mass is 10.2. The van der Waals surface area contributed by atoms with Gasteiger partial charge < -0.3 is 20.3 Å². The van der Waals surface area contributed by atoms with Crippen molar-refractivity contribution in [3.8, 4) is 0 Å². The Hall–Kier alpha value is -1.96. The van der Waals surface area contributed by atoms with Gasteiger partial charge in [0.2, 0.25) is 0 Å². The molecule has 2 aromatic heterocycles. The van der Waals surface area contributed by atoms with Gasteiger partial charge in [-0.15, -0.1) is 11.3 Å². The Balaban J connectivity index is 1.40. The highest BCUT2D eigenvalue weighted by Gasteiger charge is 2.20. The molecule has 0 unspecified atom stereocenters. The van der Waals surface area contributed by atoms with E-state index in [-0.39, 0.29) is 5.91 Å². The van der Waals surface area contributed by atoms with E-state index >= 15 is 0 Å². The van der Waals surface area contributed by atoms with Crippen molar-refractivity contribution in [3.05, 3.63) is 45.8 Å². The highest BCUT2D eigenvalue weighted by Crippen LogP contribution is 2.29. The smallest absolute Gasteiger partial charge is 0.261 e.